The van der Waals surface area contributed by atoms with Gasteiger partial charge < -0.3 is 24.2 Å². The lowest BCUT2D eigenvalue weighted by molar-refractivity contribution is -0.147. The highest BCUT2D eigenvalue weighted by atomic mass is 35.5. The molecule has 0 saturated carbocycles. The van der Waals surface area contributed by atoms with Crippen LogP contribution in [0.2, 0.25) is 5.02 Å². The molecule has 1 heterocycles. The molecule has 0 spiro atoms. The monoisotopic (exact) mass is 461 g/mol. The molecule has 1 N–H and O–H groups in total. The third kappa shape index (κ3) is 5.16. The van der Waals surface area contributed by atoms with Crippen molar-refractivity contribution < 1.29 is 28.9 Å². The summed E-state index contributed by atoms with van der Waals surface area (Å²) in [6.45, 7) is 6.42. The number of carbonyl (C=O) groups is 2. The summed E-state index contributed by atoms with van der Waals surface area (Å²) in [6, 6.07) is 10.5. The average molecular weight is 462 g/mol. The molecule has 0 unspecified atom stereocenters. The summed E-state index contributed by atoms with van der Waals surface area (Å²) in [5, 5.41) is 9.94. The van der Waals surface area contributed by atoms with Crippen molar-refractivity contribution >= 4 is 29.2 Å². The van der Waals surface area contributed by atoms with Gasteiger partial charge in [0.15, 0.2) is 0 Å². The summed E-state index contributed by atoms with van der Waals surface area (Å²) in [7, 11) is 3.08. The lowest BCUT2D eigenvalue weighted by Crippen LogP contribution is -2.44. The summed E-state index contributed by atoms with van der Waals surface area (Å²) in [5.74, 6) is -0.437. The van der Waals surface area contributed by atoms with Crippen molar-refractivity contribution in [3.8, 4) is 11.5 Å². The number of hydrogen-bond donors (Lipinski definition) is 1. The number of aliphatic carboxylic acids is 1. The minimum atomic E-state index is -1.18. The van der Waals surface area contributed by atoms with Crippen molar-refractivity contribution in [1.29, 1.82) is 0 Å². The molecule has 172 valence electrons. The number of carboxylic acids is 1. The number of amides is 1. The van der Waals surface area contributed by atoms with Crippen LogP contribution in [0.3, 0.4) is 0 Å². The Labute approximate surface area is 192 Å². The Kier molecular flexibility index (Phi) is 7.00. The summed E-state index contributed by atoms with van der Waals surface area (Å²) in [4.78, 5) is 26.7. The van der Waals surface area contributed by atoms with Crippen LogP contribution < -0.4 is 14.4 Å². The molecule has 2 aromatic carbocycles. The van der Waals surface area contributed by atoms with E-state index in [1.807, 2.05) is 20.8 Å². The Hall–Kier alpha value is -2.77. The maximum absolute atomic E-state index is 13.5. The van der Waals surface area contributed by atoms with E-state index in [4.69, 9.17) is 25.8 Å². The second kappa shape index (κ2) is 9.38. The van der Waals surface area contributed by atoms with Gasteiger partial charge in [-0.05, 0) is 35.7 Å². The number of methoxy groups -OCH3 is 2. The van der Waals surface area contributed by atoms with Gasteiger partial charge in [-0.3, -0.25) is 9.59 Å². The Morgan fingerprint density at radius 2 is 1.84 bits per heavy atom. The number of fused-ring (bicyclic) bond motifs is 1. The van der Waals surface area contributed by atoms with Crippen LogP contribution in [0.15, 0.2) is 36.4 Å². The van der Waals surface area contributed by atoms with E-state index in [-0.39, 0.29) is 5.41 Å². The van der Waals surface area contributed by atoms with E-state index in [2.05, 4.69) is 0 Å². The fourth-order valence-corrected chi connectivity index (χ4v) is 3.96. The Morgan fingerprint density at radius 1 is 1.12 bits per heavy atom. The van der Waals surface area contributed by atoms with Gasteiger partial charge in [-0.25, -0.2) is 0 Å². The third-order valence-corrected chi connectivity index (χ3v) is 5.36. The Morgan fingerprint density at radius 3 is 2.44 bits per heavy atom. The number of anilines is 1. The van der Waals surface area contributed by atoms with Crippen LogP contribution in [0.4, 0.5) is 5.69 Å². The van der Waals surface area contributed by atoms with Crippen LogP contribution in [-0.4, -0.2) is 43.9 Å². The van der Waals surface area contributed by atoms with Gasteiger partial charge in [-0.15, -0.1) is 0 Å². The number of halogens is 1. The normalized spacial score (nSPS) is 18.7. The Balaban J connectivity index is 2.24. The van der Waals surface area contributed by atoms with Crippen molar-refractivity contribution in [2.24, 2.45) is 5.41 Å². The van der Waals surface area contributed by atoms with Crippen LogP contribution in [0.25, 0.3) is 0 Å². The lowest BCUT2D eigenvalue weighted by Gasteiger charge is -2.31. The molecule has 0 fully saturated rings. The largest absolute Gasteiger partial charge is 0.497 e. The first-order chi connectivity index (χ1) is 15.0. The summed E-state index contributed by atoms with van der Waals surface area (Å²) >= 11 is 6.34. The standard InChI is InChI=1S/C24H28ClNO6/c1-24(2,3)13-26-18-9-6-14(25)10-17(18)22(32-20(23(26)29)12-21(27)28)16-8-7-15(30-4)11-19(16)31-5/h6-11,20,22H,12-13H2,1-5H3,(H,27,28)/t20-,22-/m1/s1. The summed E-state index contributed by atoms with van der Waals surface area (Å²) in [5.41, 5.74) is 1.69. The van der Waals surface area contributed by atoms with E-state index >= 15 is 0 Å². The first-order valence-corrected chi connectivity index (χ1v) is 10.6. The van der Waals surface area contributed by atoms with Crippen molar-refractivity contribution in [3.63, 3.8) is 0 Å². The van der Waals surface area contributed by atoms with Gasteiger partial charge >= 0.3 is 5.97 Å². The highest BCUT2D eigenvalue weighted by molar-refractivity contribution is 6.30. The van der Waals surface area contributed by atoms with E-state index < -0.39 is 30.5 Å². The zero-order valence-electron chi connectivity index (χ0n) is 18.8. The van der Waals surface area contributed by atoms with E-state index in [9.17, 15) is 14.7 Å². The second-order valence-corrected chi connectivity index (χ2v) is 9.34. The molecule has 1 aliphatic rings. The van der Waals surface area contributed by atoms with Gasteiger partial charge in [0.1, 0.15) is 23.7 Å². The maximum Gasteiger partial charge on any atom is 0.306 e. The maximum atomic E-state index is 13.5. The highest BCUT2D eigenvalue weighted by Crippen LogP contribution is 2.44. The molecule has 0 saturated heterocycles. The van der Waals surface area contributed by atoms with E-state index in [0.29, 0.717) is 39.9 Å². The first-order valence-electron chi connectivity index (χ1n) is 10.2. The molecule has 0 aromatic heterocycles. The molecule has 1 amide bonds. The molecule has 3 rings (SSSR count). The molecular weight excluding hydrogens is 434 g/mol. The fourth-order valence-electron chi connectivity index (χ4n) is 3.78. The zero-order valence-corrected chi connectivity index (χ0v) is 19.6. The highest BCUT2D eigenvalue weighted by Gasteiger charge is 2.39. The predicted octanol–water partition coefficient (Wildman–Crippen LogP) is 4.70. The quantitative estimate of drug-likeness (QED) is 0.671. The molecule has 32 heavy (non-hydrogen) atoms. The number of carbonyl (C=O) groups excluding carboxylic acids is 1. The van der Waals surface area contributed by atoms with Gasteiger partial charge in [0, 0.05) is 34.4 Å². The van der Waals surface area contributed by atoms with Gasteiger partial charge in [0.25, 0.3) is 5.91 Å². The molecule has 2 atom stereocenters. The van der Waals surface area contributed by atoms with Crippen molar-refractivity contribution in [2.45, 2.75) is 39.4 Å². The minimum Gasteiger partial charge on any atom is -0.497 e. The second-order valence-electron chi connectivity index (χ2n) is 8.90. The summed E-state index contributed by atoms with van der Waals surface area (Å²) < 4.78 is 17.1. The number of carboxylic acid groups (broad SMARTS) is 1. The van der Waals surface area contributed by atoms with Crippen molar-refractivity contribution in [2.75, 3.05) is 25.7 Å². The van der Waals surface area contributed by atoms with Crippen LogP contribution in [-0.2, 0) is 14.3 Å². The van der Waals surface area contributed by atoms with Crippen LogP contribution in [0.5, 0.6) is 11.5 Å². The van der Waals surface area contributed by atoms with Crippen LogP contribution in [0.1, 0.15) is 44.4 Å². The van der Waals surface area contributed by atoms with Crippen molar-refractivity contribution in [1.82, 2.24) is 0 Å². The van der Waals surface area contributed by atoms with Crippen LogP contribution >= 0.6 is 11.6 Å². The van der Waals surface area contributed by atoms with E-state index in [1.165, 1.54) is 7.11 Å². The summed E-state index contributed by atoms with van der Waals surface area (Å²) in [6.07, 6.45) is -2.42. The van der Waals surface area contributed by atoms with Gasteiger partial charge in [0.2, 0.25) is 0 Å². The molecule has 0 radical (unpaired) electrons. The molecule has 2 aromatic rings. The number of ether oxygens (including phenoxy) is 3. The minimum absolute atomic E-state index is 0.238. The fraction of sp³-hybridized carbons (Fsp3) is 0.417. The van der Waals surface area contributed by atoms with Gasteiger partial charge in [-0.2, -0.15) is 0 Å². The third-order valence-electron chi connectivity index (χ3n) is 5.12. The number of benzene rings is 2. The number of nitrogens with zero attached hydrogens (tertiary/aromatic N) is 1. The molecule has 1 aliphatic heterocycles. The molecule has 0 aliphatic carbocycles. The Bertz CT molecular complexity index is 1020. The van der Waals surface area contributed by atoms with Gasteiger partial charge in [0.05, 0.1) is 20.6 Å². The van der Waals surface area contributed by atoms with Crippen molar-refractivity contribution in [3.05, 3.63) is 52.5 Å². The van der Waals surface area contributed by atoms with Gasteiger partial charge in [-0.1, -0.05) is 32.4 Å². The van der Waals surface area contributed by atoms with E-state index in [1.54, 1.807) is 48.4 Å². The molecule has 0 bridgehead atoms. The number of hydrogen-bond acceptors (Lipinski definition) is 5. The SMILES string of the molecule is COc1ccc([C@H]2O[C@H](CC(=O)O)C(=O)N(CC(C)(C)C)c3ccc(Cl)cc32)c(OC)c1. The lowest BCUT2D eigenvalue weighted by atomic mass is 9.94. The molecule has 7 nitrogen and oxygen atoms in total. The smallest absolute Gasteiger partial charge is 0.306 e. The van der Waals surface area contributed by atoms with Crippen LogP contribution in [0, 0.1) is 5.41 Å². The average Bonchev–Trinajstić information content (AvgIpc) is 2.82. The molecule has 8 heteroatoms. The number of rotatable bonds is 6. The van der Waals surface area contributed by atoms with E-state index in [0.717, 1.165) is 0 Å². The molecular formula is C24H28ClNO6. The predicted molar refractivity (Wildman–Crippen MR) is 122 cm³/mol. The zero-order chi connectivity index (χ0) is 23.6. The topological polar surface area (TPSA) is 85.3 Å². The first kappa shape index (κ1) is 23.9.